The lowest BCUT2D eigenvalue weighted by molar-refractivity contribution is -0.339. The van der Waals surface area contributed by atoms with E-state index in [1.807, 2.05) is 0 Å². The summed E-state index contributed by atoms with van der Waals surface area (Å²) >= 11 is 0. The van der Waals surface area contributed by atoms with Gasteiger partial charge >= 0.3 is 0 Å². The molecular weight excluding hydrogens is 868 g/mol. The van der Waals surface area contributed by atoms with E-state index in [2.05, 4.69) is 34.6 Å². The molecule has 4 saturated heterocycles. The number of hydrogen-bond donors (Lipinski definition) is 12. The second-order valence-corrected chi connectivity index (χ2v) is 23.9. The Hall–Kier alpha value is -0.760. The third kappa shape index (κ3) is 7.30. The highest BCUT2D eigenvalue weighted by Gasteiger charge is 2.85. The number of ether oxygens (including phenoxy) is 7. The summed E-state index contributed by atoms with van der Waals surface area (Å²) in [6, 6.07) is 0. The van der Waals surface area contributed by atoms with Crippen molar-refractivity contribution in [3.05, 3.63) is 0 Å². The van der Waals surface area contributed by atoms with Gasteiger partial charge in [0.05, 0.1) is 55.4 Å². The summed E-state index contributed by atoms with van der Waals surface area (Å²) in [5.74, 6) is -0.678. The van der Waals surface area contributed by atoms with Crippen LogP contribution in [0.4, 0.5) is 0 Å². The van der Waals surface area contributed by atoms with Gasteiger partial charge in [0.1, 0.15) is 67.1 Å². The third-order valence-electron chi connectivity index (χ3n) is 19.8. The normalized spacial score (nSPS) is 58.0. The van der Waals surface area contributed by atoms with Crippen molar-refractivity contribution in [2.45, 2.75) is 228 Å². The molecule has 9 rings (SSSR count). The van der Waals surface area contributed by atoms with Crippen molar-refractivity contribution in [1.82, 2.24) is 0 Å². The Bertz CT molecular complexity index is 1760. The highest BCUT2D eigenvalue weighted by atomic mass is 16.7. The summed E-state index contributed by atoms with van der Waals surface area (Å²) < 4.78 is 45.2. The minimum atomic E-state index is -1.67. The van der Waals surface area contributed by atoms with Crippen LogP contribution in [-0.2, 0) is 33.2 Å². The Morgan fingerprint density at radius 3 is 1.73 bits per heavy atom. The first-order valence-electron chi connectivity index (χ1n) is 24.4. The molecule has 26 atom stereocenters. The van der Waals surface area contributed by atoms with Gasteiger partial charge < -0.3 is 94.4 Å². The largest absolute Gasteiger partial charge is 0.394 e. The molecule has 0 bridgehead atoms. The maximum Gasteiger partial charge on any atom is 0.186 e. The minimum Gasteiger partial charge on any atom is -0.394 e. The minimum absolute atomic E-state index is 0.0655. The van der Waals surface area contributed by atoms with Crippen LogP contribution in [0.3, 0.4) is 0 Å². The predicted molar refractivity (Wildman–Crippen MR) is 226 cm³/mol. The zero-order chi connectivity index (χ0) is 48.1. The molecule has 0 aromatic carbocycles. The first-order chi connectivity index (χ1) is 30.7. The van der Waals surface area contributed by atoms with E-state index in [1.54, 1.807) is 13.8 Å². The first-order valence-corrected chi connectivity index (χ1v) is 24.4. The van der Waals surface area contributed by atoms with Crippen molar-refractivity contribution in [3.8, 4) is 0 Å². The Morgan fingerprint density at radius 2 is 1.17 bits per heavy atom. The molecule has 380 valence electrons. The van der Waals surface area contributed by atoms with Gasteiger partial charge in [-0.25, -0.2) is 0 Å². The van der Waals surface area contributed by atoms with Crippen LogP contribution in [0.25, 0.3) is 0 Å². The Balaban J connectivity index is 1.10. The lowest BCUT2D eigenvalue weighted by Crippen LogP contribution is -2.65. The second-order valence-electron chi connectivity index (χ2n) is 23.9. The van der Waals surface area contributed by atoms with Crippen molar-refractivity contribution >= 4 is 0 Å². The smallest absolute Gasteiger partial charge is 0.186 e. The molecule has 0 amide bonds. The lowest BCUT2D eigenvalue weighted by Gasteiger charge is -2.65. The van der Waals surface area contributed by atoms with Crippen molar-refractivity contribution < 1.29 is 94.4 Å². The van der Waals surface area contributed by atoms with E-state index >= 15 is 0 Å². The van der Waals surface area contributed by atoms with Gasteiger partial charge in [0.15, 0.2) is 18.9 Å². The molecule has 19 nitrogen and oxygen atoms in total. The average Bonchev–Trinajstić information content (AvgIpc) is 3.60. The van der Waals surface area contributed by atoms with Gasteiger partial charge in [0.2, 0.25) is 0 Å². The predicted octanol–water partition coefficient (Wildman–Crippen LogP) is -1.45. The molecule has 4 heterocycles. The summed E-state index contributed by atoms with van der Waals surface area (Å²) in [5.41, 5.74) is -4.32. The standard InChI is InChI=1S/C47H78O19/c1-41(2)26(65-38-33(56)28(51)20(50)18-60-38)9-11-47-19-46(47)13-12-43(5)37(45(7)10-8-27(66-45)42(3,4)59)22(62-40-35(58)32(55)30(53)24(17-49)64-40)15-44(43,6)25(46)14-21(36(41)47)61-39-34(57)31(54)29(52)23(16-48)63-39/h20-40,48-59H,8-19H2,1-7H3/t20-,21+,22+,23-,24-,25+,26+,27+,28+,29-,30-,31+,32+,33-,34-,35-,36-,37+,38+,39-,40-,43-,44+,45+,46+,47-/m1/s1. The molecule has 9 aliphatic rings. The van der Waals surface area contributed by atoms with E-state index in [4.69, 9.17) is 33.2 Å². The number of hydrogen-bond acceptors (Lipinski definition) is 19. The van der Waals surface area contributed by atoms with E-state index in [9.17, 15) is 61.3 Å². The van der Waals surface area contributed by atoms with Gasteiger partial charge in [0, 0.05) is 5.92 Å². The molecule has 66 heavy (non-hydrogen) atoms. The fourth-order valence-electron chi connectivity index (χ4n) is 16.3. The maximum absolute atomic E-state index is 11.4. The van der Waals surface area contributed by atoms with E-state index in [0.717, 1.165) is 19.3 Å². The topological polar surface area (TPSA) is 307 Å². The number of fused-ring (bicyclic) bond motifs is 2. The van der Waals surface area contributed by atoms with Crippen LogP contribution in [0.1, 0.15) is 106 Å². The fraction of sp³-hybridized carbons (Fsp3) is 1.00. The monoisotopic (exact) mass is 947 g/mol. The van der Waals surface area contributed by atoms with Crippen molar-refractivity contribution in [2.75, 3.05) is 19.8 Å². The van der Waals surface area contributed by atoms with Crippen LogP contribution in [0.5, 0.6) is 0 Å². The van der Waals surface area contributed by atoms with Gasteiger partial charge in [-0.3, -0.25) is 0 Å². The Morgan fingerprint density at radius 1 is 0.591 bits per heavy atom. The van der Waals surface area contributed by atoms with Crippen molar-refractivity contribution in [3.63, 3.8) is 0 Å². The summed E-state index contributed by atoms with van der Waals surface area (Å²) in [4.78, 5) is 0. The van der Waals surface area contributed by atoms with Gasteiger partial charge in [-0.2, -0.15) is 0 Å². The molecule has 0 radical (unpaired) electrons. The average molecular weight is 947 g/mol. The van der Waals surface area contributed by atoms with Crippen LogP contribution >= 0.6 is 0 Å². The van der Waals surface area contributed by atoms with E-state index in [-0.39, 0.29) is 35.2 Å². The number of rotatable bonds is 10. The summed E-state index contributed by atoms with van der Waals surface area (Å²) in [6.07, 6.45) is -17.0. The lowest BCUT2D eigenvalue weighted by atomic mass is 9.41. The number of aliphatic hydroxyl groups is 12. The van der Waals surface area contributed by atoms with Crippen LogP contribution in [0, 0.1) is 44.8 Å². The van der Waals surface area contributed by atoms with Gasteiger partial charge in [0.25, 0.3) is 0 Å². The molecule has 9 fully saturated rings. The van der Waals surface area contributed by atoms with Crippen molar-refractivity contribution in [1.29, 1.82) is 0 Å². The molecule has 0 aromatic heterocycles. The highest BCUT2D eigenvalue weighted by Crippen LogP contribution is 2.89. The van der Waals surface area contributed by atoms with E-state index in [1.165, 1.54) is 0 Å². The van der Waals surface area contributed by atoms with Crippen LogP contribution in [0.2, 0.25) is 0 Å². The summed E-state index contributed by atoms with van der Waals surface area (Å²) in [5, 5.41) is 129. The molecule has 4 aliphatic heterocycles. The second kappa shape index (κ2) is 16.9. The molecule has 5 aliphatic carbocycles. The van der Waals surface area contributed by atoms with E-state index < -0.39 is 151 Å². The fourth-order valence-corrected chi connectivity index (χ4v) is 16.3. The Kier molecular flexibility index (Phi) is 12.9. The molecule has 0 aromatic rings. The summed E-state index contributed by atoms with van der Waals surface area (Å²) in [7, 11) is 0. The van der Waals surface area contributed by atoms with Gasteiger partial charge in [-0.15, -0.1) is 0 Å². The molecule has 5 saturated carbocycles. The molecular formula is C47H78O19. The summed E-state index contributed by atoms with van der Waals surface area (Å²) in [6.45, 7) is 12.8. The van der Waals surface area contributed by atoms with Crippen LogP contribution < -0.4 is 0 Å². The van der Waals surface area contributed by atoms with E-state index in [0.29, 0.717) is 38.5 Å². The quantitative estimate of drug-likeness (QED) is 0.112. The molecule has 12 N–H and O–H groups in total. The van der Waals surface area contributed by atoms with Crippen LogP contribution in [-0.4, -0.2) is 203 Å². The van der Waals surface area contributed by atoms with Gasteiger partial charge in [-0.1, -0.05) is 27.7 Å². The molecule has 2 spiro atoms. The SMILES string of the molecule is CC(C)(O)[C@@H]1CC[C@@](C)([C@H]2[C@@H](O[C@@H]3O[C@H](CO)[C@@H](O)[C@H](O)[C@H]3O)C[C@@]3(C)[C@@H]4C[C@H](O[C@@H]5O[C@H](CO)[C@@H](O)[C@H](O)[C@H]5O)[C@@H]5C(C)(C)[C@@H](O[C@@H]6OC[C@@H](O)[C@H](O)[C@H]6O)CC[C@@]56C[C@@]46CC[C@]23C)O1. The Labute approximate surface area is 386 Å². The molecule has 0 unspecified atom stereocenters. The highest BCUT2D eigenvalue weighted by molar-refractivity contribution is 5.33. The third-order valence-corrected chi connectivity index (χ3v) is 19.8. The van der Waals surface area contributed by atoms with Gasteiger partial charge in [-0.05, 0) is 117 Å². The zero-order valence-corrected chi connectivity index (χ0v) is 39.3. The first kappa shape index (κ1) is 50.2. The number of aliphatic hydroxyl groups excluding tert-OH is 11. The van der Waals surface area contributed by atoms with Crippen LogP contribution in [0.15, 0.2) is 0 Å². The molecule has 19 heteroatoms. The zero-order valence-electron chi connectivity index (χ0n) is 39.3. The van der Waals surface area contributed by atoms with Crippen molar-refractivity contribution in [2.24, 2.45) is 44.8 Å². The maximum atomic E-state index is 11.4.